The van der Waals surface area contributed by atoms with E-state index in [1.807, 2.05) is 6.92 Å². The van der Waals surface area contributed by atoms with Crippen LogP contribution in [0, 0.1) is 11.8 Å². The molecule has 19 heavy (non-hydrogen) atoms. The van der Waals surface area contributed by atoms with Gasteiger partial charge in [-0.3, -0.25) is 4.79 Å². The van der Waals surface area contributed by atoms with Crippen molar-refractivity contribution in [3.05, 3.63) is 0 Å². The molecule has 1 saturated carbocycles. The van der Waals surface area contributed by atoms with Gasteiger partial charge in [0.2, 0.25) is 5.91 Å². The summed E-state index contributed by atoms with van der Waals surface area (Å²) in [6, 6.07) is -0.316. The van der Waals surface area contributed by atoms with E-state index in [-0.39, 0.29) is 18.5 Å². The Hall–Kier alpha value is -0.780. The van der Waals surface area contributed by atoms with Crippen molar-refractivity contribution in [2.24, 2.45) is 17.6 Å². The smallest absolute Gasteiger partial charge is 0.333 e. The lowest BCUT2D eigenvalue weighted by molar-refractivity contribution is -0.165. The van der Waals surface area contributed by atoms with Crippen molar-refractivity contribution in [2.75, 3.05) is 13.1 Å². The summed E-state index contributed by atoms with van der Waals surface area (Å²) in [4.78, 5) is 13.3. The van der Waals surface area contributed by atoms with Gasteiger partial charge in [0.25, 0.3) is 0 Å². The quantitative estimate of drug-likeness (QED) is 0.860. The van der Waals surface area contributed by atoms with Gasteiger partial charge in [-0.2, -0.15) is 13.2 Å². The summed E-state index contributed by atoms with van der Waals surface area (Å²) in [5.74, 6) is -0.842. The van der Waals surface area contributed by atoms with Crippen molar-refractivity contribution in [3.8, 4) is 0 Å². The minimum absolute atomic E-state index is 0.0591. The van der Waals surface area contributed by atoms with E-state index < -0.39 is 24.5 Å². The molecule has 6 heteroatoms. The first-order chi connectivity index (χ1) is 8.76. The highest BCUT2D eigenvalue weighted by Crippen LogP contribution is 2.31. The molecule has 1 aliphatic rings. The zero-order valence-corrected chi connectivity index (χ0v) is 11.5. The molecule has 2 N–H and O–H groups in total. The molecular formula is C13H23F3N2O. The number of halogens is 3. The van der Waals surface area contributed by atoms with Gasteiger partial charge in [0.05, 0.1) is 5.92 Å². The minimum atomic E-state index is -4.35. The van der Waals surface area contributed by atoms with Crippen molar-refractivity contribution in [2.45, 2.75) is 51.7 Å². The summed E-state index contributed by atoms with van der Waals surface area (Å²) < 4.78 is 37.6. The summed E-state index contributed by atoms with van der Waals surface area (Å²) in [6.07, 6.45) is -1.33. The van der Waals surface area contributed by atoms with E-state index in [1.165, 1.54) is 0 Å². The maximum Gasteiger partial charge on any atom is 0.406 e. The molecule has 1 aliphatic carbocycles. The van der Waals surface area contributed by atoms with Crippen LogP contribution in [0.1, 0.15) is 39.5 Å². The Kier molecular flexibility index (Phi) is 5.64. The van der Waals surface area contributed by atoms with Crippen LogP contribution in [-0.4, -0.2) is 36.1 Å². The Morgan fingerprint density at radius 1 is 1.37 bits per heavy atom. The molecule has 0 aromatic heterocycles. The second kappa shape index (κ2) is 6.59. The molecule has 0 bridgehead atoms. The molecule has 112 valence electrons. The summed E-state index contributed by atoms with van der Waals surface area (Å²) in [7, 11) is 0. The van der Waals surface area contributed by atoms with Crippen molar-refractivity contribution < 1.29 is 18.0 Å². The van der Waals surface area contributed by atoms with E-state index in [9.17, 15) is 18.0 Å². The van der Waals surface area contributed by atoms with Crippen LogP contribution in [0.25, 0.3) is 0 Å². The lowest BCUT2D eigenvalue weighted by Crippen LogP contribution is -2.51. The number of hydrogen-bond acceptors (Lipinski definition) is 2. The summed E-state index contributed by atoms with van der Waals surface area (Å²) in [5.41, 5.74) is 5.94. The molecule has 0 saturated heterocycles. The lowest BCUT2D eigenvalue weighted by atomic mass is 9.76. The normalized spacial score (nSPS) is 28.2. The molecule has 0 aromatic rings. The fourth-order valence-corrected chi connectivity index (χ4v) is 2.85. The predicted octanol–water partition coefficient (Wildman–Crippen LogP) is 2.55. The van der Waals surface area contributed by atoms with Crippen molar-refractivity contribution in [1.29, 1.82) is 0 Å². The molecule has 1 amide bonds. The van der Waals surface area contributed by atoms with Crippen LogP contribution in [0.2, 0.25) is 0 Å². The van der Waals surface area contributed by atoms with Gasteiger partial charge in [-0.25, -0.2) is 0 Å². The largest absolute Gasteiger partial charge is 0.406 e. The molecule has 0 aliphatic heterocycles. The van der Waals surface area contributed by atoms with Crippen LogP contribution in [0.4, 0.5) is 13.2 Å². The SMILES string of the molecule is CCCN(CC(F)(F)F)C(=O)C1C(C)CCCC1N. The fourth-order valence-electron chi connectivity index (χ4n) is 2.85. The number of alkyl halides is 3. The highest BCUT2D eigenvalue weighted by atomic mass is 19.4. The third kappa shape index (κ3) is 4.67. The van der Waals surface area contributed by atoms with E-state index in [0.717, 1.165) is 17.7 Å². The van der Waals surface area contributed by atoms with Gasteiger partial charge in [-0.15, -0.1) is 0 Å². The summed E-state index contributed by atoms with van der Waals surface area (Å²) in [5, 5.41) is 0. The Bertz CT molecular complexity index is 297. The highest BCUT2D eigenvalue weighted by molar-refractivity contribution is 5.80. The van der Waals surface area contributed by atoms with Crippen molar-refractivity contribution in [1.82, 2.24) is 4.90 Å². The molecule has 0 heterocycles. The van der Waals surface area contributed by atoms with E-state index >= 15 is 0 Å². The van der Waals surface area contributed by atoms with Crippen LogP contribution < -0.4 is 5.73 Å². The van der Waals surface area contributed by atoms with E-state index in [1.54, 1.807) is 6.92 Å². The van der Waals surface area contributed by atoms with Crippen LogP contribution in [0.5, 0.6) is 0 Å². The minimum Gasteiger partial charge on any atom is -0.333 e. The topological polar surface area (TPSA) is 46.3 Å². The molecule has 1 fully saturated rings. The van der Waals surface area contributed by atoms with Crippen molar-refractivity contribution >= 4 is 5.91 Å². The van der Waals surface area contributed by atoms with E-state index in [0.29, 0.717) is 12.8 Å². The second-order valence-electron chi connectivity index (χ2n) is 5.47. The van der Waals surface area contributed by atoms with Gasteiger partial charge in [-0.1, -0.05) is 20.3 Å². The summed E-state index contributed by atoms with van der Waals surface area (Å²) in [6.45, 7) is 2.63. The number of carbonyl (C=O) groups excluding carboxylic acids is 1. The van der Waals surface area contributed by atoms with E-state index in [2.05, 4.69) is 0 Å². The highest BCUT2D eigenvalue weighted by Gasteiger charge is 2.40. The fraction of sp³-hybridized carbons (Fsp3) is 0.923. The first-order valence-electron chi connectivity index (χ1n) is 6.87. The molecule has 0 spiro atoms. The maximum absolute atomic E-state index is 12.5. The Balaban J connectivity index is 2.79. The van der Waals surface area contributed by atoms with Crippen LogP contribution in [0.3, 0.4) is 0 Å². The molecule has 3 nitrogen and oxygen atoms in total. The van der Waals surface area contributed by atoms with Gasteiger partial charge in [-0.05, 0) is 25.2 Å². The third-order valence-electron chi connectivity index (χ3n) is 3.73. The van der Waals surface area contributed by atoms with Gasteiger partial charge in [0.1, 0.15) is 6.54 Å². The molecular weight excluding hydrogens is 257 g/mol. The Morgan fingerprint density at radius 2 is 2.00 bits per heavy atom. The van der Waals surface area contributed by atoms with E-state index in [4.69, 9.17) is 5.73 Å². The van der Waals surface area contributed by atoms with Gasteiger partial charge < -0.3 is 10.6 Å². The summed E-state index contributed by atoms with van der Waals surface area (Å²) >= 11 is 0. The monoisotopic (exact) mass is 280 g/mol. The number of hydrogen-bond donors (Lipinski definition) is 1. The van der Waals surface area contributed by atoms with Crippen LogP contribution in [0.15, 0.2) is 0 Å². The van der Waals surface area contributed by atoms with Gasteiger partial charge in [0, 0.05) is 12.6 Å². The Labute approximate surface area is 112 Å². The first kappa shape index (κ1) is 16.3. The molecule has 1 rings (SSSR count). The zero-order valence-electron chi connectivity index (χ0n) is 11.5. The number of nitrogens with two attached hydrogens (primary N) is 1. The third-order valence-corrected chi connectivity index (χ3v) is 3.73. The lowest BCUT2D eigenvalue weighted by Gasteiger charge is -2.37. The number of carbonyl (C=O) groups is 1. The zero-order chi connectivity index (χ0) is 14.6. The average molecular weight is 280 g/mol. The second-order valence-corrected chi connectivity index (χ2v) is 5.47. The molecule has 3 atom stereocenters. The number of rotatable bonds is 4. The number of nitrogens with zero attached hydrogens (tertiary/aromatic N) is 1. The Morgan fingerprint density at radius 3 is 2.47 bits per heavy atom. The first-order valence-corrected chi connectivity index (χ1v) is 6.87. The van der Waals surface area contributed by atoms with Crippen LogP contribution in [-0.2, 0) is 4.79 Å². The average Bonchev–Trinajstić information content (AvgIpc) is 2.26. The maximum atomic E-state index is 12.5. The van der Waals surface area contributed by atoms with Crippen LogP contribution >= 0.6 is 0 Å². The molecule has 3 unspecified atom stereocenters. The van der Waals surface area contributed by atoms with Gasteiger partial charge >= 0.3 is 6.18 Å². The molecule has 0 aromatic carbocycles. The molecule has 0 radical (unpaired) electrons. The van der Waals surface area contributed by atoms with Gasteiger partial charge in [0.15, 0.2) is 0 Å². The van der Waals surface area contributed by atoms with Crippen molar-refractivity contribution in [3.63, 3.8) is 0 Å². The standard InChI is InChI=1S/C13H23F3N2O/c1-3-7-18(8-13(14,15)16)12(19)11-9(2)5-4-6-10(11)17/h9-11H,3-8,17H2,1-2H3. The predicted molar refractivity (Wildman–Crippen MR) is 67.4 cm³/mol. The number of amides is 1.